The molecule has 2 nitrogen and oxygen atoms in total. The van der Waals surface area contributed by atoms with Gasteiger partial charge in [0.05, 0.1) is 6.07 Å². The molecule has 0 fully saturated rings. The Morgan fingerprint density at radius 3 is 2.12 bits per heavy atom. The zero-order valence-electron chi connectivity index (χ0n) is 11.7. The van der Waals surface area contributed by atoms with Crippen molar-refractivity contribution < 1.29 is 0 Å². The summed E-state index contributed by atoms with van der Waals surface area (Å²) in [6, 6.07) is 8.63. The van der Waals surface area contributed by atoms with E-state index in [0.29, 0.717) is 0 Å². The van der Waals surface area contributed by atoms with Crippen LogP contribution in [0.3, 0.4) is 0 Å². The molecule has 0 amide bonds. The highest BCUT2D eigenvalue weighted by molar-refractivity contribution is 5.55. The third-order valence-corrected chi connectivity index (χ3v) is 2.82. The van der Waals surface area contributed by atoms with Gasteiger partial charge in [-0.2, -0.15) is 5.26 Å². The molecule has 0 atom stereocenters. The lowest BCUT2D eigenvalue weighted by molar-refractivity contribution is 0.589. The molecule has 1 N–H and O–H groups in total. The van der Waals surface area contributed by atoms with Crippen LogP contribution in [0, 0.1) is 18.3 Å². The van der Waals surface area contributed by atoms with Gasteiger partial charge < -0.3 is 5.32 Å². The summed E-state index contributed by atoms with van der Waals surface area (Å²) in [7, 11) is 0. The van der Waals surface area contributed by atoms with Crippen LogP contribution in [0.4, 0.5) is 5.69 Å². The van der Waals surface area contributed by atoms with Crippen LogP contribution in [0.1, 0.15) is 45.7 Å². The average Bonchev–Trinajstić information content (AvgIpc) is 2.19. The third kappa shape index (κ3) is 3.49. The molecule has 0 aliphatic rings. The fourth-order valence-electron chi connectivity index (χ4n) is 1.64. The van der Waals surface area contributed by atoms with Crippen LogP contribution in [0.25, 0.3) is 0 Å². The molecular formula is C15H22N2. The van der Waals surface area contributed by atoms with Crippen molar-refractivity contribution in [2.24, 2.45) is 0 Å². The van der Waals surface area contributed by atoms with Gasteiger partial charge in [0.15, 0.2) is 0 Å². The Bertz CT molecular complexity index is 445. The number of nitriles is 1. The molecule has 0 saturated heterocycles. The van der Waals surface area contributed by atoms with E-state index in [1.807, 2.05) is 13.8 Å². The van der Waals surface area contributed by atoms with Crippen LogP contribution in [-0.2, 0) is 5.41 Å². The SMILES string of the molecule is Cc1cc(C(C)(C)C)ccc1NC(C)(C)C#N. The van der Waals surface area contributed by atoms with Crippen LogP contribution in [0.15, 0.2) is 18.2 Å². The van der Waals surface area contributed by atoms with E-state index in [0.717, 1.165) is 5.69 Å². The maximum absolute atomic E-state index is 9.02. The summed E-state index contributed by atoms with van der Waals surface area (Å²) in [5.74, 6) is 0. The van der Waals surface area contributed by atoms with Crippen LogP contribution in [0.5, 0.6) is 0 Å². The average molecular weight is 230 g/mol. The molecule has 1 aromatic carbocycles. The Morgan fingerprint density at radius 2 is 1.71 bits per heavy atom. The van der Waals surface area contributed by atoms with Crippen molar-refractivity contribution in [2.75, 3.05) is 5.32 Å². The molecule has 0 unspecified atom stereocenters. The second-order valence-electron chi connectivity index (χ2n) is 6.14. The van der Waals surface area contributed by atoms with Gasteiger partial charge in [-0.3, -0.25) is 0 Å². The molecule has 0 aliphatic heterocycles. The summed E-state index contributed by atoms with van der Waals surface area (Å²) < 4.78 is 0. The standard InChI is InChI=1S/C15H22N2/c1-11-9-12(14(2,3)4)7-8-13(11)17-15(5,6)10-16/h7-9,17H,1-6H3. The van der Waals surface area contributed by atoms with E-state index in [1.165, 1.54) is 11.1 Å². The number of aryl methyl sites for hydroxylation is 1. The van der Waals surface area contributed by atoms with E-state index in [4.69, 9.17) is 5.26 Å². The van der Waals surface area contributed by atoms with E-state index < -0.39 is 5.54 Å². The smallest absolute Gasteiger partial charge is 0.119 e. The molecule has 0 spiro atoms. The number of hydrogen-bond donors (Lipinski definition) is 1. The summed E-state index contributed by atoms with van der Waals surface area (Å²) in [5, 5.41) is 12.3. The minimum Gasteiger partial charge on any atom is -0.368 e. The van der Waals surface area contributed by atoms with Gasteiger partial charge in [-0.05, 0) is 43.4 Å². The molecule has 92 valence electrons. The number of hydrogen-bond acceptors (Lipinski definition) is 2. The fraction of sp³-hybridized carbons (Fsp3) is 0.533. The van der Waals surface area contributed by atoms with Crippen LogP contribution < -0.4 is 5.32 Å². The maximum atomic E-state index is 9.02. The van der Waals surface area contributed by atoms with Crippen LogP contribution >= 0.6 is 0 Å². The number of rotatable bonds is 2. The summed E-state index contributed by atoms with van der Waals surface area (Å²) >= 11 is 0. The molecular weight excluding hydrogens is 208 g/mol. The van der Waals surface area contributed by atoms with Gasteiger partial charge in [0.25, 0.3) is 0 Å². The topological polar surface area (TPSA) is 35.8 Å². The van der Waals surface area contributed by atoms with Gasteiger partial charge in [0, 0.05) is 5.69 Å². The highest BCUT2D eigenvalue weighted by Gasteiger charge is 2.18. The van der Waals surface area contributed by atoms with E-state index in [1.54, 1.807) is 0 Å². The Kier molecular flexibility index (Phi) is 3.52. The molecule has 2 heteroatoms. The highest BCUT2D eigenvalue weighted by atomic mass is 15.0. The Balaban J connectivity index is 3.04. The van der Waals surface area contributed by atoms with Crippen molar-refractivity contribution in [2.45, 2.75) is 52.5 Å². The number of anilines is 1. The van der Waals surface area contributed by atoms with Gasteiger partial charge in [0.1, 0.15) is 5.54 Å². The van der Waals surface area contributed by atoms with Crippen molar-refractivity contribution in [3.63, 3.8) is 0 Å². The van der Waals surface area contributed by atoms with Crippen molar-refractivity contribution >= 4 is 5.69 Å². The minimum atomic E-state index is -0.534. The Morgan fingerprint density at radius 1 is 1.12 bits per heavy atom. The van der Waals surface area contributed by atoms with Crippen molar-refractivity contribution in [1.29, 1.82) is 5.26 Å². The zero-order chi connectivity index (χ0) is 13.3. The normalized spacial score (nSPS) is 12.1. The number of nitrogens with one attached hydrogen (secondary N) is 1. The zero-order valence-corrected chi connectivity index (χ0v) is 11.7. The molecule has 0 saturated carbocycles. The number of benzene rings is 1. The first-order valence-electron chi connectivity index (χ1n) is 5.96. The molecule has 0 aromatic heterocycles. The van der Waals surface area contributed by atoms with Gasteiger partial charge in [-0.15, -0.1) is 0 Å². The van der Waals surface area contributed by atoms with Gasteiger partial charge in [-0.25, -0.2) is 0 Å². The lowest BCUT2D eigenvalue weighted by Gasteiger charge is -2.24. The molecule has 0 bridgehead atoms. The lowest BCUT2D eigenvalue weighted by Crippen LogP contribution is -2.28. The van der Waals surface area contributed by atoms with Crippen molar-refractivity contribution in [3.05, 3.63) is 29.3 Å². The monoisotopic (exact) mass is 230 g/mol. The summed E-state index contributed by atoms with van der Waals surface area (Å²) in [6.07, 6.45) is 0. The second-order valence-corrected chi connectivity index (χ2v) is 6.14. The van der Waals surface area contributed by atoms with E-state index in [-0.39, 0.29) is 5.41 Å². The summed E-state index contributed by atoms with van der Waals surface area (Å²) in [6.45, 7) is 12.4. The molecule has 1 rings (SSSR count). The van der Waals surface area contributed by atoms with Crippen LogP contribution in [-0.4, -0.2) is 5.54 Å². The quantitative estimate of drug-likeness (QED) is 0.833. The second kappa shape index (κ2) is 4.41. The van der Waals surface area contributed by atoms with Crippen molar-refractivity contribution in [3.8, 4) is 6.07 Å². The van der Waals surface area contributed by atoms with E-state index in [9.17, 15) is 0 Å². The largest absolute Gasteiger partial charge is 0.368 e. The van der Waals surface area contributed by atoms with Gasteiger partial charge in [0.2, 0.25) is 0 Å². The lowest BCUT2D eigenvalue weighted by atomic mass is 9.86. The highest BCUT2D eigenvalue weighted by Crippen LogP contribution is 2.27. The molecule has 0 aliphatic carbocycles. The first-order chi connectivity index (χ1) is 7.65. The van der Waals surface area contributed by atoms with Gasteiger partial charge in [-0.1, -0.05) is 32.9 Å². The maximum Gasteiger partial charge on any atom is 0.119 e. The first kappa shape index (κ1) is 13.6. The Hall–Kier alpha value is -1.49. The molecule has 0 heterocycles. The van der Waals surface area contributed by atoms with Crippen molar-refractivity contribution in [1.82, 2.24) is 0 Å². The predicted octanol–water partition coefficient (Wildman–Crippen LogP) is 4.01. The molecule has 1 aromatic rings. The molecule has 17 heavy (non-hydrogen) atoms. The van der Waals surface area contributed by atoms with Gasteiger partial charge >= 0.3 is 0 Å². The summed E-state index contributed by atoms with van der Waals surface area (Å²) in [5.41, 5.74) is 3.16. The Labute approximate surface area is 105 Å². The predicted molar refractivity (Wildman–Crippen MR) is 73.2 cm³/mol. The summed E-state index contributed by atoms with van der Waals surface area (Å²) in [4.78, 5) is 0. The number of nitrogens with zero attached hydrogens (tertiary/aromatic N) is 1. The first-order valence-corrected chi connectivity index (χ1v) is 5.96. The van der Waals surface area contributed by atoms with E-state index in [2.05, 4.69) is 57.3 Å². The molecule has 0 radical (unpaired) electrons. The minimum absolute atomic E-state index is 0.161. The van der Waals surface area contributed by atoms with E-state index >= 15 is 0 Å². The third-order valence-electron chi connectivity index (χ3n) is 2.82. The van der Waals surface area contributed by atoms with Crippen LogP contribution in [0.2, 0.25) is 0 Å². The fourth-order valence-corrected chi connectivity index (χ4v) is 1.64.